The highest BCUT2D eigenvalue weighted by Gasteiger charge is 2.43. The Labute approximate surface area is 171 Å². The lowest BCUT2D eigenvalue weighted by Gasteiger charge is -2.35. The summed E-state index contributed by atoms with van der Waals surface area (Å²) >= 11 is 13.6. The van der Waals surface area contributed by atoms with Crippen LogP contribution in [-0.4, -0.2) is 42.3 Å². The average Bonchev–Trinajstić information content (AvgIpc) is 2.59. The lowest BCUT2D eigenvalue weighted by Crippen LogP contribution is -2.53. The quantitative estimate of drug-likeness (QED) is 0.514. The number of hydrogen-bond donors (Lipinski definition) is 2. The third-order valence-corrected chi connectivity index (χ3v) is 7.62. The Hall–Kier alpha value is -1.45. The molecule has 6 nitrogen and oxygen atoms in total. The number of hydrogen-bond acceptors (Lipinski definition) is 5. The van der Waals surface area contributed by atoms with E-state index >= 15 is 0 Å². The smallest absolute Gasteiger partial charge is 0.342 e. The van der Waals surface area contributed by atoms with E-state index in [9.17, 15) is 18.3 Å². The molecule has 1 heterocycles. The van der Waals surface area contributed by atoms with E-state index in [2.05, 4.69) is 5.32 Å². The van der Waals surface area contributed by atoms with Crippen LogP contribution in [0.5, 0.6) is 0 Å². The van der Waals surface area contributed by atoms with Gasteiger partial charge in [-0.2, -0.15) is 4.31 Å². The number of benzene rings is 2. The molecule has 0 spiro atoms. The van der Waals surface area contributed by atoms with Crippen molar-refractivity contribution in [1.82, 2.24) is 4.31 Å². The number of nitrogens with one attached hydrogen (secondary N) is 1. The summed E-state index contributed by atoms with van der Waals surface area (Å²) in [6, 6.07) is 12.4. The molecule has 10 heteroatoms. The first-order chi connectivity index (χ1) is 12.8. The molecule has 0 bridgehead atoms. The van der Waals surface area contributed by atoms with E-state index < -0.39 is 22.2 Å². The lowest BCUT2D eigenvalue weighted by molar-refractivity contribution is -0.140. The minimum Gasteiger partial charge on any atom is -0.479 e. The summed E-state index contributed by atoms with van der Waals surface area (Å²) in [6.45, 7) is 0.0462. The maximum atomic E-state index is 13.0. The van der Waals surface area contributed by atoms with Gasteiger partial charge in [0.1, 0.15) is 4.90 Å². The number of anilines is 1. The molecule has 2 N–H and O–H groups in total. The molecule has 1 aliphatic rings. The van der Waals surface area contributed by atoms with Crippen LogP contribution < -0.4 is 5.32 Å². The molecule has 1 atom stereocenters. The number of fused-ring (bicyclic) bond motifs is 1. The second kappa shape index (κ2) is 8.28. The molecule has 0 fully saturated rings. The Bertz CT molecular complexity index is 955. The van der Waals surface area contributed by atoms with Gasteiger partial charge in [0, 0.05) is 16.5 Å². The zero-order valence-corrected chi connectivity index (χ0v) is 17.1. The molecule has 0 aliphatic carbocycles. The summed E-state index contributed by atoms with van der Waals surface area (Å²) in [6.07, 6.45) is -0.941. The molecule has 0 amide bonds. The van der Waals surface area contributed by atoms with Gasteiger partial charge in [-0.1, -0.05) is 41.4 Å². The highest BCUT2D eigenvalue weighted by molar-refractivity contribution is 7.99. The van der Waals surface area contributed by atoms with Gasteiger partial charge in [0.15, 0.2) is 6.17 Å². The SMILES string of the molecule is O=C(O)C1Nc2cc(Cl)cc(Cl)c2S(=O)(=O)N1CCCSc1ccccc1. The Morgan fingerprint density at radius 3 is 2.59 bits per heavy atom. The Balaban J connectivity index is 1.80. The van der Waals surface area contributed by atoms with Crippen molar-refractivity contribution in [1.29, 1.82) is 0 Å². The van der Waals surface area contributed by atoms with Gasteiger partial charge in [-0.3, -0.25) is 0 Å². The number of nitrogens with zero attached hydrogens (tertiary/aromatic N) is 1. The molecule has 1 unspecified atom stereocenters. The van der Waals surface area contributed by atoms with Crippen molar-refractivity contribution >= 4 is 56.6 Å². The molecule has 27 heavy (non-hydrogen) atoms. The molecule has 2 aromatic carbocycles. The predicted octanol–water partition coefficient (Wildman–Crippen LogP) is 4.00. The fourth-order valence-corrected chi connectivity index (χ4v) is 6.14. The van der Waals surface area contributed by atoms with Crippen LogP contribution in [0.4, 0.5) is 5.69 Å². The van der Waals surface area contributed by atoms with E-state index in [1.54, 1.807) is 11.8 Å². The fourth-order valence-electron chi connectivity index (χ4n) is 2.77. The van der Waals surface area contributed by atoms with Crippen LogP contribution in [0, 0.1) is 0 Å². The molecule has 3 rings (SSSR count). The van der Waals surface area contributed by atoms with Crippen molar-refractivity contribution in [3.05, 3.63) is 52.5 Å². The summed E-state index contributed by atoms with van der Waals surface area (Å²) in [4.78, 5) is 12.6. The number of rotatable bonds is 6. The summed E-state index contributed by atoms with van der Waals surface area (Å²) in [5.41, 5.74) is 0.0924. The van der Waals surface area contributed by atoms with E-state index in [-0.39, 0.29) is 27.2 Å². The highest BCUT2D eigenvalue weighted by Crippen LogP contribution is 2.39. The molecule has 0 saturated carbocycles. The van der Waals surface area contributed by atoms with E-state index in [4.69, 9.17) is 23.2 Å². The number of halogens is 2. The lowest BCUT2D eigenvalue weighted by atomic mass is 10.3. The minimum absolute atomic E-state index is 0.0440. The maximum absolute atomic E-state index is 13.0. The van der Waals surface area contributed by atoms with Crippen LogP contribution >= 0.6 is 35.0 Å². The minimum atomic E-state index is -4.08. The third-order valence-electron chi connectivity index (χ3n) is 3.92. The van der Waals surface area contributed by atoms with Crippen LogP contribution in [0.3, 0.4) is 0 Å². The Morgan fingerprint density at radius 2 is 1.93 bits per heavy atom. The van der Waals surface area contributed by atoms with Crippen molar-refractivity contribution in [2.45, 2.75) is 22.4 Å². The van der Waals surface area contributed by atoms with Gasteiger partial charge in [-0.25, -0.2) is 13.2 Å². The predicted molar refractivity (Wildman–Crippen MR) is 107 cm³/mol. The number of aliphatic carboxylic acids is 1. The summed E-state index contributed by atoms with van der Waals surface area (Å²) < 4.78 is 26.9. The van der Waals surface area contributed by atoms with Crippen molar-refractivity contribution in [3.8, 4) is 0 Å². The van der Waals surface area contributed by atoms with Crippen molar-refractivity contribution in [2.24, 2.45) is 0 Å². The summed E-state index contributed by atoms with van der Waals surface area (Å²) in [5, 5.41) is 12.4. The number of carboxylic acid groups (broad SMARTS) is 1. The molecule has 2 aromatic rings. The Kier molecular flexibility index (Phi) is 6.22. The maximum Gasteiger partial charge on any atom is 0.342 e. The highest BCUT2D eigenvalue weighted by atomic mass is 35.5. The van der Waals surface area contributed by atoms with Crippen molar-refractivity contribution in [2.75, 3.05) is 17.6 Å². The van der Waals surface area contributed by atoms with E-state index in [1.165, 1.54) is 12.1 Å². The van der Waals surface area contributed by atoms with E-state index in [0.717, 1.165) is 9.20 Å². The van der Waals surface area contributed by atoms with Gasteiger partial charge in [-0.15, -0.1) is 11.8 Å². The van der Waals surface area contributed by atoms with Gasteiger partial charge in [-0.05, 0) is 36.4 Å². The first-order valence-corrected chi connectivity index (χ1v) is 11.2. The fraction of sp³-hybridized carbons (Fsp3) is 0.235. The second-order valence-corrected chi connectivity index (χ2v) is 9.62. The molecular weight excluding hydrogens is 431 g/mol. The molecule has 0 saturated heterocycles. The summed E-state index contributed by atoms with van der Waals surface area (Å²) in [7, 11) is -4.08. The largest absolute Gasteiger partial charge is 0.479 e. The first-order valence-electron chi connectivity index (χ1n) is 7.99. The molecule has 0 aromatic heterocycles. The van der Waals surface area contributed by atoms with E-state index in [1.807, 2.05) is 30.3 Å². The van der Waals surface area contributed by atoms with Crippen LogP contribution in [0.1, 0.15) is 6.42 Å². The standard InChI is InChI=1S/C17H16Cl2N2O4S2/c18-11-9-13(19)15-14(10-11)20-16(17(22)23)21(27(15,24)25)7-4-8-26-12-5-2-1-3-6-12/h1-3,5-6,9-10,16,20H,4,7-8H2,(H,22,23). The van der Waals surface area contributed by atoms with Crippen LogP contribution in [0.25, 0.3) is 0 Å². The number of sulfonamides is 1. The summed E-state index contributed by atoms with van der Waals surface area (Å²) in [5.74, 6) is -0.653. The van der Waals surface area contributed by atoms with Gasteiger partial charge in [0.2, 0.25) is 10.0 Å². The Morgan fingerprint density at radius 1 is 1.22 bits per heavy atom. The van der Waals surface area contributed by atoms with Crippen LogP contribution in [0.2, 0.25) is 10.0 Å². The second-order valence-electron chi connectivity index (χ2n) is 5.78. The van der Waals surface area contributed by atoms with Gasteiger partial charge < -0.3 is 10.4 Å². The van der Waals surface area contributed by atoms with Gasteiger partial charge >= 0.3 is 5.97 Å². The monoisotopic (exact) mass is 446 g/mol. The zero-order valence-electron chi connectivity index (χ0n) is 13.9. The molecule has 144 valence electrons. The van der Waals surface area contributed by atoms with Crippen molar-refractivity contribution < 1.29 is 18.3 Å². The molecular formula is C17H16Cl2N2O4S2. The molecule has 0 radical (unpaired) electrons. The van der Waals surface area contributed by atoms with Crippen LogP contribution in [-0.2, 0) is 14.8 Å². The van der Waals surface area contributed by atoms with Gasteiger partial charge in [0.05, 0.1) is 10.7 Å². The zero-order chi connectivity index (χ0) is 19.6. The number of thioether (sulfide) groups is 1. The van der Waals surface area contributed by atoms with Crippen LogP contribution in [0.15, 0.2) is 52.3 Å². The average molecular weight is 447 g/mol. The van der Waals surface area contributed by atoms with Crippen molar-refractivity contribution in [3.63, 3.8) is 0 Å². The van der Waals surface area contributed by atoms with E-state index in [0.29, 0.717) is 12.2 Å². The first kappa shape index (κ1) is 20.3. The number of carbonyl (C=O) groups is 1. The topological polar surface area (TPSA) is 86.7 Å². The van der Waals surface area contributed by atoms with Gasteiger partial charge in [0.25, 0.3) is 0 Å². The normalized spacial score (nSPS) is 18.5. The third kappa shape index (κ3) is 4.35. The molecule has 1 aliphatic heterocycles. The number of carboxylic acids is 1.